The molecule has 0 heterocycles. The van der Waals surface area contributed by atoms with E-state index in [-0.39, 0.29) is 0 Å². The molecule has 0 unspecified atom stereocenters. The second kappa shape index (κ2) is 15.4. The van der Waals surface area contributed by atoms with Gasteiger partial charge in [-0.1, -0.05) is 95.8 Å². The van der Waals surface area contributed by atoms with Crippen molar-refractivity contribution in [1.29, 1.82) is 0 Å². The normalized spacial score (nSPS) is 34.0. The van der Waals surface area contributed by atoms with Gasteiger partial charge in [0.15, 0.2) is 0 Å². The number of rotatable bonds is 13. The summed E-state index contributed by atoms with van der Waals surface area (Å²) in [7, 11) is 0. The van der Waals surface area contributed by atoms with Gasteiger partial charge in [-0.05, 0) is 99.7 Å². The summed E-state index contributed by atoms with van der Waals surface area (Å²) in [5.41, 5.74) is 0. The van der Waals surface area contributed by atoms with E-state index < -0.39 is 0 Å². The second-order valence-corrected chi connectivity index (χ2v) is 12.0. The largest absolute Gasteiger partial charge is 0.103 e. The van der Waals surface area contributed by atoms with Gasteiger partial charge < -0.3 is 0 Å². The highest BCUT2D eigenvalue weighted by Gasteiger charge is 2.30. The highest BCUT2D eigenvalue weighted by Crippen LogP contribution is 2.43. The lowest BCUT2D eigenvalue weighted by Crippen LogP contribution is -2.25. The fourth-order valence-electron chi connectivity index (χ4n) is 7.30. The third-order valence-electron chi connectivity index (χ3n) is 9.72. The molecule has 0 saturated heterocycles. The van der Waals surface area contributed by atoms with Crippen LogP contribution in [0.15, 0.2) is 24.8 Å². The van der Waals surface area contributed by atoms with Crippen LogP contribution in [0.1, 0.15) is 142 Å². The van der Waals surface area contributed by atoms with Gasteiger partial charge in [-0.15, -0.1) is 6.58 Å². The standard InChI is InChI=1S/C32H56/c1-3-5-6-7-8-9-12-29-19-23-31(24-20-29)32-25-21-30(22-26-32)14-11-10-13-28-17-15-27(4-2)16-18-28/h4,10,13,27-32H,2-3,5-9,11-12,14-26H2,1H3/t27-,28-,29-,30-,31-,32-. The number of hydrogen-bond donors (Lipinski definition) is 0. The van der Waals surface area contributed by atoms with Crippen LogP contribution in [0.5, 0.6) is 0 Å². The van der Waals surface area contributed by atoms with Crippen LogP contribution in [0.2, 0.25) is 0 Å². The van der Waals surface area contributed by atoms with E-state index in [1.807, 2.05) is 0 Å². The van der Waals surface area contributed by atoms with E-state index in [2.05, 4.69) is 31.7 Å². The van der Waals surface area contributed by atoms with Crippen LogP contribution in [0.25, 0.3) is 0 Å². The van der Waals surface area contributed by atoms with Crippen LogP contribution in [-0.2, 0) is 0 Å². The molecular formula is C32H56. The Morgan fingerprint density at radius 2 is 1.12 bits per heavy atom. The molecular weight excluding hydrogens is 384 g/mol. The average molecular weight is 441 g/mol. The first-order valence-corrected chi connectivity index (χ1v) is 15.1. The van der Waals surface area contributed by atoms with Gasteiger partial charge in [0, 0.05) is 0 Å². The maximum absolute atomic E-state index is 3.98. The summed E-state index contributed by atoms with van der Waals surface area (Å²) >= 11 is 0. The molecule has 0 amide bonds. The minimum absolute atomic E-state index is 0.796. The Bertz CT molecular complexity index is 492. The summed E-state index contributed by atoms with van der Waals surface area (Å²) in [5.74, 6) is 5.92. The summed E-state index contributed by atoms with van der Waals surface area (Å²) in [6.07, 6.45) is 38.3. The molecule has 0 aromatic heterocycles. The molecule has 0 spiro atoms. The molecule has 0 radical (unpaired) electrons. The SMILES string of the molecule is C=C[C@H]1CC[C@H](C=CCC[C@H]2CC[C@H]([C@H]3CC[C@H](CCCCCCCC)CC3)CC2)CC1. The second-order valence-electron chi connectivity index (χ2n) is 12.0. The Labute approximate surface area is 202 Å². The Morgan fingerprint density at radius 1 is 0.594 bits per heavy atom. The molecule has 0 atom stereocenters. The molecule has 3 aliphatic carbocycles. The molecule has 3 fully saturated rings. The van der Waals surface area contributed by atoms with Crippen molar-refractivity contribution in [3.05, 3.63) is 24.8 Å². The predicted octanol–water partition coefficient (Wildman–Crippen LogP) is 10.7. The molecule has 0 aromatic carbocycles. The number of hydrogen-bond acceptors (Lipinski definition) is 0. The summed E-state index contributed by atoms with van der Waals surface area (Å²) in [5, 5.41) is 0. The fourth-order valence-corrected chi connectivity index (χ4v) is 7.30. The smallest absolute Gasteiger partial charge is 0.0233 e. The van der Waals surface area contributed by atoms with E-state index in [1.54, 1.807) is 38.5 Å². The molecule has 0 aromatic rings. The predicted molar refractivity (Wildman–Crippen MR) is 143 cm³/mol. The van der Waals surface area contributed by atoms with E-state index >= 15 is 0 Å². The Kier molecular flexibility index (Phi) is 12.6. The van der Waals surface area contributed by atoms with Crippen molar-refractivity contribution < 1.29 is 0 Å². The minimum atomic E-state index is 0.796. The highest BCUT2D eigenvalue weighted by atomic mass is 14.4. The molecule has 3 aliphatic rings. The minimum Gasteiger partial charge on any atom is -0.103 e. The van der Waals surface area contributed by atoms with Gasteiger partial charge in [-0.25, -0.2) is 0 Å². The van der Waals surface area contributed by atoms with Crippen molar-refractivity contribution in [3.8, 4) is 0 Å². The van der Waals surface area contributed by atoms with Gasteiger partial charge in [0.1, 0.15) is 0 Å². The maximum atomic E-state index is 3.98. The molecule has 0 nitrogen and oxygen atoms in total. The van der Waals surface area contributed by atoms with E-state index in [4.69, 9.17) is 0 Å². The van der Waals surface area contributed by atoms with Gasteiger partial charge in [-0.2, -0.15) is 0 Å². The third kappa shape index (κ3) is 9.38. The van der Waals surface area contributed by atoms with Crippen molar-refractivity contribution in [3.63, 3.8) is 0 Å². The molecule has 0 N–H and O–H groups in total. The van der Waals surface area contributed by atoms with Crippen LogP contribution >= 0.6 is 0 Å². The summed E-state index contributed by atoms with van der Waals surface area (Å²) in [6, 6.07) is 0. The molecule has 32 heavy (non-hydrogen) atoms. The van der Waals surface area contributed by atoms with Crippen LogP contribution in [0, 0.1) is 35.5 Å². The molecule has 0 aliphatic heterocycles. The Morgan fingerprint density at radius 3 is 1.72 bits per heavy atom. The first-order valence-electron chi connectivity index (χ1n) is 15.1. The van der Waals surface area contributed by atoms with Gasteiger partial charge in [0.05, 0.1) is 0 Å². The van der Waals surface area contributed by atoms with E-state index in [0.29, 0.717) is 0 Å². The van der Waals surface area contributed by atoms with Crippen LogP contribution < -0.4 is 0 Å². The number of unbranched alkanes of at least 4 members (excludes halogenated alkanes) is 5. The zero-order valence-corrected chi connectivity index (χ0v) is 21.8. The van der Waals surface area contributed by atoms with E-state index in [0.717, 1.165) is 35.5 Å². The summed E-state index contributed by atoms with van der Waals surface area (Å²) < 4.78 is 0. The number of allylic oxidation sites excluding steroid dienone is 3. The maximum Gasteiger partial charge on any atom is -0.0233 e. The van der Waals surface area contributed by atoms with Gasteiger partial charge in [0.25, 0.3) is 0 Å². The third-order valence-corrected chi connectivity index (χ3v) is 9.72. The van der Waals surface area contributed by atoms with Crippen molar-refractivity contribution in [2.24, 2.45) is 35.5 Å². The molecule has 3 rings (SSSR count). The zero-order chi connectivity index (χ0) is 22.4. The topological polar surface area (TPSA) is 0 Å². The van der Waals surface area contributed by atoms with Gasteiger partial charge in [0.2, 0.25) is 0 Å². The van der Waals surface area contributed by atoms with Crippen LogP contribution in [-0.4, -0.2) is 0 Å². The fraction of sp³-hybridized carbons (Fsp3) is 0.875. The Balaban J connectivity index is 1.20. The average Bonchev–Trinajstić information content (AvgIpc) is 2.85. The lowest BCUT2D eigenvalue weighted by Gasteiger charge is -2.38. The quantitative estimate of drug-likeness (QED) is 0.197. The van der Waals surface area contributed by atoms with Gasteiger partial charge in [-0.3, -0.25) is 0 Å². The lowest BCUT2D eigenvalue weighted by molar-refractivity contribution is 0.140. The first-order chi connectivity index (χ1) is 15.8. The molecule has 3 saturated carbocycles. The summed E-state index contributed by atoms with van der Waals surface area (Å²) in [4.78, 5) is 0. The highest BCUT2D eigenvalue weighted by molar-refractivity contribution is 4.94. The van der Waals surface area contributed by atoms with Crippen molar-refractivity contribution in [2.75, 3.05) is 0 Å². The Hall–Kier alpha value is -0.520. The first kappa shape index (κ1) is 26.1. The summed E-state index contributed by atoms with van der Waals surface area (Å²) in [6.45, 7) is 6.30. The zero-order valence-electron chi connectivity index (χ0n) is 21.8. The van der Waals surface area contributed by atoms with Crippen molar-refractivity contribution in [1.82, 2.24) is 0 Å². The van der Waals surface area contributed by atoms with E-state index in [9.17, 15) is 0 Å². The van der Waals surface area contributed by atoms with E-state index in [1.165, 1.54) is 96.3 Å². The van der Waals surface area contributed by atoms with Gasteiger partial charge >= 0.3 is 0 Å². The molecule has 184 valence electrons. The molecule has 0 bridgehead atoms. The lowest BCUT2D eigenvalue weighted by atomic mass is 9.68. The molecule has 0 heteroatoms. The van der Waals surface area contributed by atoms with Crippen molar-refractivity contribution >= 4 is 0 Å². The van der Waals surface area contributed by atoms with Crippen LogP contribution in [0.3, 0.4) is 0 Å². The van der Waals surface area contributed by atoms with Crippen LogP contribution in [0.4, 0.5) is 0 Å². The van der Waals surface area contributed by atoms with Crippen molar-refractivity contribution in [2.45, 2.75) is 142 Å². The monoisotopic (exact) mass is 440 g/mol.